The predicted octanol–water partition coefficient (Wildman–Crippen LogP) is -1.49. The van der Waals surface area contributed by atoms with E-state index >= 15 is 0 Å². The first-order valence-corrected chi connectivity index (χ1v) is 7.40. The Balaban J connectivity index is 2.39. The van der Waals surface area contributed by atoms with Crippen LogP contribution >= 0.6 is 0 Å². The Morgan fingerprint density at radius 1 is 1.12 bits per heavy atom. The Labute approximate surface area is 139 Å². The molecule has 140 valence electrons. The van der Waals surface area contributed by atoms with E-state index in [2.05, 4.69) is 5.32 Å². The van der Waals surface area contributed by atoms with Gasteiger partial charge in [0.1, 0.15) is 43.2 Å². The highest BCUT2D eigenvalue weighted by Gasteiger charge is 2.44. The number of carbonyl (C=O) groups is 2. The smallest absolute Gasteiger partial charge is 0.408 e. The number of hydrogen-bond acceptors (Lipinski definition) is 9. The summed E-state index contributed by atoms with van der Waals surface area (Å²) in [6.45, 7) is 4.21. The van der Waals surface area contributed by atoms with Crippen molar-refractivity contribution in [1.29, 1.82) is 0 Å². The summed E-state index contributed by atoms with van der Waals surface area (Å²) in [6, 6.07) is 0. The van der Waals surface area contributed by atoms with Crippen LogP contribution in [0, 0.1) is 0 Å². The number of aliphatic hydroxyl groups is 3. The molecule has 1 rings (SSSR count). The van der Waals surface area contributed by atoms with Gasteiger partial charge in [0.25, 0.3) is 0 Å². The maximum Gasteiger partial charge on any atom is 0.408 e. The highest BCUT2D eigenvalue weighted by Crippen LogP contribution is 2.21. The van der Waals surface area contributed by atoms with Crippen molar-refractivity contribution in [2.45, 2.75) is 57.1 Å². The molecule has 10 heteroatoms. The van der Waals surface area contributed by atoms with Crippen molar-refractivity contribution in [2.75, 3.05) is 20.3 Å². The standard InChI is InChI=1S/C14H25NO9/c1-14(2,3)24-13(20)15-5-8(16)22-6-7-9(17)10(18)11(19)12(21-4)23-7/h7,9-12,17-19H,5-6H2,1-4H3,(H,15,20)/t7-,9+,10+,11-,12-/m0/s1. The second kappa shape index (κ2) is 8.58. The van der Waals surface area contributed by atoms with E-state index in [0.717, 1.165) is 0 Å². The van der Waals surface area contributed by atoms with E-state index < -0.39 is 54.9 Å². The van der Waals surface area contributed by atoms with Crippen LogP contribution in [0.1, 0.15) is 20.8 Å². The largest absolute Gasteiger partial charge is 0.461 e. The molecule has 4 N–H and O–H groups in total. The summed E-state index contributed by atoms with van der Waals surface area (Å²) < 4.78 is 19.8. The molecule has 1 amide bonds. The Bertz CT molecular complexity index is 434. The van der Waals surface area contributed by atoms with Crippen LogP contribution in [0.15, 0.2) is 0 Å². The second-order valence-electron chi connectivity index (χ2n) is 6.29. The molecule has 0 spiro atoms. The molecule has 0 aromatic carbocycles. The zero-order chi connectivity index (χ0) is 18.5. The zero-order valence-corrected chi connectivity index (χ0v) is 14.1. The SMILES string of the molecule is CO[C@H]1O[C@@H](COC(=O)CNC(=O)OC(C)(C)C)[C@@H](O)[C@@H](O)[C@@H]1O. The van der Waals surface area contributed by atoms with Gasteiger partial charge in [0, 0.05) is 7.11 Å². The highest BCUT2D eigenvalue weighted by atomic mass is 16.7. The number of hydrogen-bond donors (Lipinski definition) is 4. The Hall–Kier alpha value is -1.46. The Morgan fingerprint density at radius 2 is 1.75 bits per heavy atom. The van der Waals surface area contributed by atoms with Gasteiger partial charge in [-0.3, -0.25) is 4.79 Å². The molecule has 1 aliphatic heterocycles. The van der Waals surface area contributed by atoms with Crippen molar-refractivity contribution in [2.24, 2.45) is 0 Å². The molecule has 0 bridgehead atoms. The van der Waals surface area contributed by atoms with Gasteiger partial charge >= 0.3 is 12.1 Å². The van der Waals surface area contributed by atoms with Crippen molar-refractivity contribution in [1.82, 2.24) is 5.32 Å². The molecule has 0 aromatic heterocycles. The minimum Gasteiger partial charge on any atom is -0.461 e. The molecule has 1 fully saturated rings. The quantitative estimate of drug-likeness (QED) is 0.435. The topological polar surface area (TPSA) is 144 Å². The number of esters is 1. The number of methoxy groups -OCH3 is 1. The molecule has 10 nitrogen and oxygen atoms in total. The summed E-state index contributed by atoms with van der Waals surface area (Å²) >= 11 is 0. The van der Waals surface area contributed by atoms with Crippen LogP contribution in [0.25, 0.3) is 0 Å². The molecule has 1 saturated heterocycles. The van der Waals surface area contributed by atoms with Crippen molar-refractivity contribution in [3.63, 3.8) is 0 Å². The lowest BCUT2D eigenvalue weighted by Gasteiger charge is -2.39. The summed E-state index contributed by atoms with van der Waals surface area (Å²) in [5.74, 6) is -0.786. The van der Waals surface area contributed by atoms with E-state index in [1.165, 1.54) is 7.11 Å². The van der Waals surface area contributed by atoms with Gasteiger partial charge < -0.3 is 39.6 Å². The monoisotopic (exact) mass is 351 g/mol. The summed E-state index contributed by atoms with van der Waals surface area (Å²) in [7, 11) is 1.26. The lowest BCUT2D eigenvalue weighted by atomic mass is 9.99. The van der Waals surface area contributed by atoms with Gasteiger partial charge in [-0.15, -0.1) is 0 Å². The first kappa shape index (κ1) is 20.6. The van der Waals surface area contributed by atoms with E-state index in [-0.39, 0.29) is 6.61 Å². The van der Waals surface area contributed by atoms with Gasteiger partial charge in [0.05, 0.1) is 0 Å². The van der Waals surface area contributed by atoms with Gasteiger partial charge in [0.2, 0.25) is 0 Å². The van der Waals surface area contributed by atoms with Crippen molar-refractivity contribution < 1.29 is 43.9 Å². The van der Waals surface area contributed by atoms with E-state index in [4.69, 9.17) is 18.9 Å². The van der Waals surface area contributed by atoms with Crippen LogP contribution in [-0.4, -0.2) is 84.0 Å². The van der Waals surface area contributed by atoms with Gasteiger partial charge in [-0.25, -0.2) is 4.79 Å². The molecule has 1 aliphatic rings. The third-order valence-electron chi connectivity index (χ3n) is 3.09. The molecule has 0 saturated carbocycles. The molecular formula is C14H25NO9. The van der Waals surface area contributed by atoms with E-state index in [1.54, 1.807) is 20.8 Å². The van der Waals surface area contributed by atoms with Crippen molar-refractivity contribution in [3.8, 4) is 0 Å². The van der Waals surface area contributed by atoms with Gasteiger partial charge in [-0.1, -0.05) is 0 Å². The van der Waals surface area contributed by atoms with Crippen LogP contribution in [0.5, 0.6) is 0 Å². The molecule has 0 aromatic rings. The first-order chi connectivity index (χ1) is 11.0. The molecule has 0 aliphatic carbocycles. The third-order valence-corrected chi connectivity index (χ3v) is 3.09. The molecule has 0 unspecified atom stereocenters. The number of carbonyl (C=O) groups excluding carboxylic acids is 2. The lowest BCUT2D eigenvalue weighted by Crippen LogP contribution is -2.59. The van der Waals surface area contributed by atoms with Crippen LogP contribution in [0.2, 0.25) is 0 Å². The van der Waals surface area contributed by atoms with E-state index in [0.29, 0.717) is 0 Å². The van der Waals surface area contributed by atoms with Crippen LogP contribution in [0.4, 0.5) is 4.79 Å². The fourth-order valence-electron chi connectivity index (χ4n) is 1.93. The van der Waals surface area contributed by atoms with Gasteiger partial charge in [-0.2, -0.15) is 0 Å². The zero-order valence-electron chi connectivity index (χ0n) is 14.1. The average Bonchev–Trinajstić information content (AvgIpc) is 2.48. The van der Waals surface area contributed by atoms with E-state index in [9.17, 15) is 24.9 Å². The minimum absolute atomic E-state index is 0.389. The van der Waals surface area contributed by atoms with Crippen LogP contribution in [0.3, 0.4) is 0 Å². The minimum atomic E-state index is -1.51. The summed E-state index contributed by atoms with van der Waals surface area (Å²) in [4.78, 5) is 23.0. The van der Waals surface area contributed by atoms with Gasteiger partial charge in [-0.05, 0) is 20.8 Å². The Kier molecular flexibility index (Phi) is 7.36. The number of ether oxygens (including phenoxy) is 4. The molecule has 1 heterocycles. The average molecular weight is 351 g/mol. The summed E-state index contributed by atoms with van der Waals surface area (Å²) in [5.41, 5.74) is -0.694. The lowest BCUT2D eigenvalue weighted by molar-refractivity contribution is -0.295. The van der Waals surface area contributed by atoms with Crippen LogP contribution < -0.4 is 5.32 Å². The number of amides is 1. The third kappa shape index (κ3) is 6.21. The molecular weight excluding hydrogens is 326 g/mol. The van der Waals surface area contributed by atoms with Crippen molar-refractivity contribution >= 4 is 12.1 Å². The maximum absolute atomic E-state index is 11.6. The second-order valence-corrected chi connectivity index (χ2v) is 6.29. The summed E-state index contributed by atoms with van der Waals surface area (Å²) in [6.07, 6.45) is -7.41. The predicted molar refractivity (Wildman–Crippen MR) is 78.9 cm³/mol. The number of rotatable bonds is 5. The number of alkyl carbamates (subject to hydrolysis) is 1. The first-order valence-electron chi connectivity index (χ1n) is 7.40. The fourth-order valence-corrected chi connectivity index (χ4v) is 1.93. The van der Waals surface area contributed by atoms with Gasteiger partial charge in [0.15, 0.2) is 6.29 Å². The highest BCUT2D eigenvalue weighted by molar-refractivity contribution is 5.78. The molecule has 5 atom stereocenters. The van der Waals surface area contributed by atoms with Crippen LogP contribution in [-0.2, 0) is 23.7 Å². The van der Waals surface area contributed by atoms with Crippen molar-refractivity contribution in [3.05, 3.63) is 0 Å². The van der Waals surface area contributed by atoms with E-state index in [1.807, 2.05) is 0 Å². The normalized spacial score (nSPS) is 30.5. The fraction of sp³-hybridized carbons (Fsp3) is 0.857. The Morgan fingerprint density at radius 3 is 2.29 bits per heavy atom. The maximum atomic E-state index is 11.6. The number of aliphatic hydroxyl groups excluding tert-OH is 3. The molecule has 24 heavy (non-hydrogen) atoms. The number of nitrogens with one attached hydrogen (secondary N) is 1. The molecule has 0 radical (unpaired) electrons. The summed E-state index contributed by atoms with van der Waals surface area (Å²) in [5, 5.41) is 31.3.